The van der Waals surface area contributed by atoms with E-state index in [0.717, 1.165) is 13.1 Å². The Morgan fingerprint density at radius 2 is 1.64 bits per heavy atom. The van der Waals surface area contributed by atoms with Crippen molar-refractivity contribution in [3.8, 4) is 0 Å². The molecule has 1 aliphatic heterocycles. The monoisotopic (exact) mass is 160 g/mol. The van der Waals surface area contributed by atoms with Crippen molar-refractivity contribution in [2.75, 3.05) is 27.2 Å². The van der Waals surface area contributed by atoms with Crippen molar-refractivity contribution in [1.29, 1.82) is 0 Å². The van der Waals surface area contributed by atoms with Crippen molar-refractivity contribution in [1.82, 2.24) is 9.80 Å². The van der Waals surface area contributed by atoms with Crippen LogP contribution in [0.5, 0.6) is 0 Å². The number of carbonyl (C=O) groups is 2. The van der Waals surface area contributed by atoms with Crippen LogP contribution < -0.4 is 0 Å². The minimum atomic E-state index is -0.250. The van der Waals surface area contributed by atoms with Gasteiger partial charge in [0.1, 0.15) is 0 Å². The summed E-state index contributed by atoms with van der Waals surface area (Å²) < 4.78 is 0. The fraction of sp³-hybridized carbons (Fsp3) is 0.667. The van der Waals surface area contributed by atoms with Crippen molar-refractivity contribution < 1.29 is 14.7 Å². The molecule has 0 spiro atoms. The first-order valence-electron chi connectivity index (χ1n) is 3.17. The van der Waals surface area contributed by atoms with Crippen LogP contribution in [0, 0.1) is 0 Å². The number of nitrogens with zero attached hydrogens (tertiary/aromatic N) is 2. The van der Waals surface area contributed by atoms with E-state index in [0.29, 0.717) is 0 Å². The fourth-order valence-corrected chi connectivity index (χ4v) is 0.783. The van der Waals surface area contributed by atoms with E-state index in [2.05, 4.69) is 0 Å². The van der Waals surface area contributed by atoms with Gasteiger partial charge in [-0.25, -0.2) is 4.79 Å². The number of amides is 2. The van der Waals surface area contributed by atoms with Gasteiger partial charge in [-0.15, -0.1) is 0 Å². The fourth-order valence-electron chi connectivity index (χ4n) is 0.783. The van der Waals surface area contributed by atoms with Crippen LogP contribution in [0.2, 0.25) is 0 Å². The highest BCUT2D eigenvalue weighted by Crippen LogP contribution is 2.00. The zero-order valence-electron chi connectivity index (χ0n) is 6.65. The van der Waals surface area contributed by atoms with Gasteiger partial charge in [0.05, 0.1) is 0 Å². The molecule has 64 valence electrons. The topological polar surface area (TPSA) is 60.9 Å². The molecule has 5 nitrogen and oxygen atoms in total. The van der Waals surface area contributed by atoms with E-state index in [-0.39, 0.29) is 12.5 Å². The molecule has 1 saturated heterocycles. The third kappa shape index (κ3) is 2.88. The Labute approximate surface area is 65.2 Å². The number of likely N-dealkylation sites (N-methyl/N-ethyl adjacent to an activating group) is 2. The quantitative estimate of drug-likeness (QED) is 0.494. The number of hydrogen-bond acceptors (Lipinski definition) is 2. The Kier molecular flexibility index (Phi) is 4.02. The summed E-state index contributed by atoms with van der Waals surface area (Å²) in [7, 11) is 3.62. The molecule has 1 fully saturated rings. The predicted octanol–water partition coefficient (Wildman–Crippen LogP) is -0.316. The molecule has 0 aliphatic carbocycles. The SMILES string of the molecule is CN1CCN(C)C1=O.O=CO. The number of rotatable bonds is 0. The molecule has 0 aromatic carbocycles. The molecule has 0 aromatic rings. The predicted molar refractivity (Wildman–Crippen MR) is 39.3 cm³/mol. The maximum atomic E-state index is 10.8. The van der Waals surface area contributed by atoms with Crippen molar-refractivity contribution >= 4 is 12.5 Å². The van der Waals surface area contributed by atoms with Crippen LogP contribution in [0.3, 0.4) is 0 Å². The molecular weight excluding hydrogens is 148 g/mol. The van der Waals surface area contributed by atoms with Crippen molar-refractivity contribution in [3.05, 3.63) is 0 Å². The molecule has 0 saturated carbocycles. The van der Waals surface area contributed by atoms with E-state index < -0.39 is 0 Å². The van der Waals surface area contributed by atoms with E-state index in [1.807, 2.05) is 14.1 Å². The van der Waals surface area contributed by atoms with Crippen LogP contribution in [0.15, 0.2) is 0 Å². The van der Waals surface area contributed by atoms with Crippen LogP contribution in [-0.4, -0.2) is 54.6 Å². The second-order valence-electron chi connectivity index (χ2n) is 2.23. The summed E-state index contributed by atoms with van der Waals surface area (Å²) in [4.78, 5) is 22.5. The average molecular weight is 160 g/mol. The van der Waals surface area contributed by atoms with Crippen LogP contribution in [0.1, 0.15) is 0 Å². The summed E-state index contributed by atoms with van der Waals surface area (Å²) in [6.45, 7) is 1.49. The minimum absolute atomic E-state index is 0.130. The van der Waals surface area contributed by atoms with Crippen LogP contribution >= 0.6 is 0 Å². The lowest BCUT2D eigenvalue weighted by Crippen LogP contribution is -2.25. The molecule has 1 aliphatic rings. The Balaban J connectivity index is 0.000000292. The molecule has 5 heteroatoms. The van der Waals surface area contributed by atoms with E-state index in [1.54, 1.807) is 9.80 Å². The zero-order chi connectivity index (χ0) is 8.85. The summed E-state index contributed by atoms with van der Waals surface area (Å²) >= 11 is 0. The number of hydrogen-bond donors (Lipinski definition) is 1. The van der Waals surface area contributed by atoms with Crippen molar-refractivity contribution in [3.63, 3.8) is 0 Å². The van der Waals surface area contributed by atoms with Gasteiger partial charge in [0, 0.05) is 27.2 Å². The van der Waals surface area contributed by atoms with Gasteiger partial charge in [0.2, 0.25) is 0 Å². The molecule has 1 rings (SSSR count). The molecule has 0 bridgehead atoms. The van der Waals surface area contributed by atoms with E-state index >= 15 is 0 Å². The van der Waals surface area contributed by atoms with E-state index in [1.165, 1.54) is 0 Å². The van der Waals surface area contributed by atoms with Gasteiger partial charge < -0.3 is 14.9 Å². The average Bonchev–Trinajstić information content (AvgIpc) is 2.22. The Hall–Kier alpha value is -1.26. The minimum Gasteiger partial charge on any atom is -0.483 e. The first kappa shape index (κ1) is 9.74. The summed E-state index contributed by atoms with van der Waals surface area (Å²) in [6.07, 6.45) is 0. The lowest BCUT2D eigenvalue weighted by molar-refractivity contribution is -0.122. The highest BCUT2D eigenvalue weighted by molar-refractivity contribution is 5.75. The number of urea groups is 1. The van der Waals surface area contributed by atoms with Crippen LogP contribution in [0.4, 0.5) is 4.79 Å². The van der Waals surface area contributed by atoms with Crippen molar-refractivity contribution in [2.45, 2.75) is 0 Å². The molecule has 0 radical (unpaired) electrons. The zero-order valence-corrected chi connectivity index (χ0v) is 6.65. The lowest BCUT2D eigenvalue weighted by atomic mass is 10.6. The summed E-state index contributed by atoms with van der Waals surface area (Å²) in [5.74, 6) is 0. The van der Waals surface area contributed by atoms with Gasteiger partial charge in [-0.2, -0.15) is 0 Å². The molecule has 1 heterocycles. The molecule has 1 N–H and O–H groups in total. The van der Waals surface area contributed by atoms with Gasteiger partial charge in [-0.3, -0.25) is 4.79 Å². The smallest absolute Gasteiger partial charge is 0.319 e. The Morgan fingerprint density at radius 3 is 1.73 bits per heavy atom. The summed E-state index contributed by atoms with van der Waals surface area (Å²) in [5, 5.41) is 6.89. The number of carbonyl (C=O) groups excluding carboxylic acids is 1. The normalized spacial score (nSPS) is 16.0. The highest BCUT2D eigenvalue weighted by atomic mass is 16.3. The molecule has 2 amide bonds. The largest absolute Gasteiger partial charge is 0.483 e. The molecule has 11 heavy (non-hydrogen) atoms. The van der Waals surface area contributed by atoms with Gasteiger partial charge >= 0.3 is 6.03 Å². The standard InChI is InChI=1S/C5H10N2O.CH2O2/c1-6-3-4-7(2)5(6)8;2-1-3/h3-4H2,1-2H3;1H,(H,2,3). The van der Waals surface area contributed by atoms with Crippen LogP contribution in [0.25, 0.3) is 0 Å². The van der Waals surface area contributed by atoms with Gasteiger partial charge in [0.15, 0.2) is 0 Å². The molecule has 0 unspecified atom stereocenters. The van der Waals surface area contributed by atoms with E-state index in [9.17, 15) is 4.79 Å². The lowest BCUT2D eigenvalue weighted by Gasteiger charge is -2.07. The summed E-state index contributed by atoms with van der Waals surface area (Å²) in [5.41, 5.74) is 0. The Morgan fingerprint density at radius 1 is 1.36 bits per heavy atom. The molecular formula is C6H12N2O3. The maximum absolute atomic E-state index is 10.8. The summed E-state index contributed by atoms with van der Waals surface area (Å²) in [6, 6.07) is 0.130. The Bertz CT molecular complexity index is 137. The number of carboxylic acid groups (broad SMARTS) is 1. The molecule has 0 aromatic heterocycles. The van der Waals surface area contributed by atoms with E-state index in [4.69, 9.17) is 9.90 Å². The second-order valence-corrected chi connectivity index (χ2v) is 2.23. The first-order chi connectivity index (χ1) is 5.13. The maximum Gasteiger partial charge on any atom is 0.319 e. The molecule has 0 atom stereocenters. The first-order valence-corrected chi connectivity index (χ1v) is 3.17. The van der Waals surface area contributed by atoms with Gasteiger partial charge in [-0.05, 0) is 0 Å². The third-order valence-corrected chi connectivity index (χ3v) is 1.42. The third-order valence-electron chi connectivity index (χ3n) is 1.42. The van der Waals surface area contributed by atoms with Crippen molar-refractivity contribution in [2.24, 2.45) is 0 Å². The van der Waals surface area contributed by atoms with Crippen LogP contribution in [-0.2, 0) is 4.79 Å². The highest BCUT2D eigenvalue weighted by Gasteiger charge is 2.20. The van der Waals surface area contributed by atoms with Gasteiger partial charge in [0.25, 0.3) is 6.47 Å². The van der Waals surface area contributed by atoms with Gasteiger partial charge in [-0.1, -0.05) is 0 Å². The second kappa shape index (κ2) is 4.54.